The molecule has 29 heavy (non-hydrogen) atoms. The number of likely N-dealkylation sites (tertiary alicyclic amines) is 1. The lowest BCUT2D eigenvalue weighted by molar-refractivity contribution is -0.150. The van der Waals surface area contributed by atoms with Crippen LogP contribution in [0, 0.1) is 0 Å². The van der Waals surface area contributed by atoms with Crippen LogP contribution in [0.4, 0.5) is 0 Å². The van der Waals surface area contributed by atoms with Gasteiger partial charge < -0.3 is 14.7 Å². The number of thiophene rings is 1. The number of ether oxygens (including phenoxy) is 1. The maximum Gasteiger partial charge on any atom is 0.326 e. The van der Waals surface area contributed by atoms with Gasteiger partial charge in [-0.15, -0.1) is 11.3 Å². The fourth-order valence-electron chi connectivity index (χ4n) is 3.45. The zero-order valence-corrected chi connectivity index (χ0v) is 17.6. The number of ketones is 1. The Kier molecular flexibility index (Phi) is 8.78. The van der Waals surface area contributed by atoms with Crippen molar-refractivity contribution in [3.05, 3.63) is 22.4 Å². The summed E-state index contributed by atoms with van der Waals surface area (Å²) in [5, 5.41) is 14.1. The van der Waals surface area contributed by atoms with Gasteiger partial charge in [0.05, 0.1) is 17.5 Å². The smallest absolute Gasteiger partial charge is 0.326 e. The number of hydrogen-bond acceptors (Lipinski definition) is 7. The number of carboxylic acid groups (broad SMARTS) is 1. The number of carbonyl (C=O) groups is 4. The zero-order chi connectivity index (χ0) is 21.4. The summed E-state index contributed by atoms with van der Waals surface area (Å²) in [6.45, 7) is 3.91. The zero-order valence-electron chi connectivity index (χ0n) is 16.8. The number of Topliss-reactive ketones (excluding diaryl/α,β-unsaturated/α-hetero) is 1. The molecule has 0 radical (unpaired) electrons. The summed E-state index contributed by atoms with van der Waals surface area (Å²) in [5.74, 6) is -1.82. The normalized spacial score (nSPS) is 18.3. The second-order valence-corrected chi connectivity index (χ2v) is 7.96. The van der Waals surface area contributed by atoms with E-state index in [1.807, 2.05) is 11.4 Å². The molecule has 0 spiro atoms. The van der Waals surface area contributed by atoms with Crippen molar-refractivity contribution in [1.29, 1.82) is 0 Å². The van der Waals surface area contributed by atoms with Crippen molar-refractivity contribution < 1.29 is 29.0 Å². The average molecular weight is 425 g/mol. The van der Waals surface area contributed by atoms with Gasteiger partial charge >= 0.3 is 11.9 Å². The molecule has 8 nitrogen and oxygen atoms in total. The number of carboxylic acids is 1. The topological polar surface area (TPSA) is 113 Å². The van der Waals surface area contributed by atoms with Crippen LogP contribution >= 0.6 is 11.3 Å². The van der Waals surface area contributed by atoms with E-state index in [0.29, 0.717) is 43.5 Å². The minimum absolute atomic E-state index is 0.0214. The van der Waals surface area contributed by atoms with Crippen LogP contribution in [0.2, 0.25) is 0 Å². The van der Waals surface area contributed by atoms with Crippen molar-refractivity contribution in [3.63, 3.8) is 0 Å². The molecule has 1 aromatic rings. The van der Waals surface area contributed by atoms with Gasteiger partial charge in [-0.25, -0.2) is 4.79 Å². The van der Waals surface area contributed by atoms with Crippen molar-refractivity contribution in [2.24, 2.45) is 0 Å². The van der Waals surface area contributed by atoms with Crippen molar-refractivity contribution in [1.82, 2.24) is 10.2 Å². The Bertz CT molecular complexity index is 721. The van der Waals surface area contributed by atoms with E-state index in [0.717, 1.165) is 0 Å². The van der Waals surface area contributed by atoms with E-state index < -0.39 is 30.1 Å². The van der Waals surface area contributed by atoms with Gasteiger partial charge in [-0.2, -0.15) is 0 Å². The van der Waals surface area contributed by atoms with Gasteiger partial charge in [0, 0.05) is 13.0 Å². The maximum absolute atomic E-state index is 12.7. The monoisotopic (exact) mass is 424 g/mol. The van der Waals surface area contributed by atoms with Crippen LogP contribution in [0.3, 0.4) is 0 Å². The quantitative estimate of drug-likeness (QED) is 0.413. The number of rotatable bonds is 11. The Balaban J connectivity index is 1.94. The summed E-state index contributed by atoms with van der Waals surface area (Å²) < 4.78 is 5.10. The van der Waals surface area contributed by atoms with Crippen LogP contribution in [0.25, 0.3) is 0 Å². The number of esters is 1. The highest BCUT2D eigenvalue weighted by Crippen LogP contribution is 2.19. The first-order valence-electron chi connectivity index (χ1n) is 9.87. The summed E-state index contributed by atoms with van der Waals surface area (Å²) in [6.07, 6.45) is 2.18. The van der Waals surface area contributed by atoms with Crippen LogP contribution in [-0.4, -0.2) is 64.9 Å². The summed E-state index contributed by atoms with van der Waals surface area (Å²) in [7, 11) is 0. The Morgan fingerprint density at radius 3 is 2.76 bits per heavy atom. The number of nitrogens with zero attached hydrogens (tertiary/aromatic N) is 1. The van der Waals surface area contributed by atoms with Crippen LogP contribution < -0.4 is 5.32 Å². The summed E-state index contributed by atoms with van der Waals surface area (Å²) in [4.78, 5) is 50.5. The average Bonchev–Trinajstić information content (AvgIpc) is 3.38. The third-order valence-corrected chi connectivity index (χ3v) is 5.82. The molecule has 0 saturated carbocycles. The van der Waals surface area contributed by atoms with Crippen LogP contribution in [0.1, 0.15) is 55.6 Å². The molecule has 9 heteroatoms. The molecule has 0 aromatic carbocycles. The second-order valence-electron chi connectivity index (χ2n) is 7.01. The molecule has 1 amide bonds. The van der Waals surface area contributed by atoms with E-state index in [2.05, 4.69) is 5.32 Å². The van der Waals surface area contributed by atoms with Crippen molar-refractivity contribution in [2.45, 2.75) is 64.1 Å². The predicted molar refractivity (Wildman–Crippen MR) is 108 cm³/mol. The highest BCUT2D eigenvalue weighted by atomic mass is 32.1. The maximum atomic E-state index is 12.7. The standard InChI is InChI=1S/C20H28N2O6S/c1-3-28-20(27)14(7-4-9-16(23)17-10-6-12-29-17)21-13(2)18(24)22-11-5-8-15(22)19(25)26/h6,10,12-15,21H,3-5,7-9,11H2,1-2H3,(H,25,26)/t13-,14?,15-/m0/s1. The van der Waals surface area contributed by atoms with Gasteiger partial charge in [0.2, 0.25) is 5.91 Å². The number of nitrogens with one attached hydrogen (secondary N) is 1. The van der Waals surface area contributed by atoms with Gasteiger partial charge in [0.25, 0.3) is 0 Å². The van der Waals surface area contributed by atoms with Gasteiger partial charge in [-0.3, -0.25) is 19.7 Å². The number of hydrogen-bond donors (Lipinski definition) is 2. The molecule has 1 unspecified atom stereocenters. The van der Waals surface area contributed by atoms with Crippen LogP contribution in [0.5, 0.6) is 0 Å². The van der Waals surface area contributed by atoms with E-state index in [-0.39, 0.29) is 18.3 Å². The van der Waals surface area contributed by atoms with E-state index in [1.165, 1.54) is 16.2 Å². The predicted octanol–water partition coefficient (Wildman–Crippen LogP) is 2.09. The molecule has 0 bridgehead atoms. The number of amides is 1. The second kappa shape index (κ2) is 11.1. The molecule has 2 heterocycles. The van der Waals surface area contributed by atoms with Gasteiger partial charge in [-0.05, 0) is 51.0 Å². The molecule has 2 N–H and O–H groups in total. The lowest BCUT2D eigenvalue weighted by Crippen LogP contribution is -2.53. The Morgan fingerprint density at radius 2 is 2.14 bits per heavy atom. The Labute approximate surface area is 174 Å². The molecule has 160 valence electrons. The molecule has 1 aromatic heterocycles. The Morgan fingerprint density at radius 1 is 1.38 bits per heavy atom. The summed E-state index contributed by atoms with van der Waals surface area (Å²) >= 11 is 1.38. The van der Waals surface area contributed by atoms with Crippen LogP contribution in [0.15, 0.2) is 17.5 Å². The Hall–Kier alpha value is -2.26. The molecule has 1 aliphatic heterocycles. The third-order valence-electron chi connectivity index (χ3n) is 4.91. The SMILES string of the molecule is CCOC(=O)C(CCCC(=O)c1cccs1)N[C@@H](C)C(=O)N1CCC[C@H]1C(=O)O. The van der Waals surface area contributed by atoms with E-state index in [4.69, 9.17) is 4.74 Å². The molecule has 1 aliphatic rings. The van der Waals surface area contributed by atoms with Crippen LogP contribution in [-0.2, 0) is 19.1 Å². The summed E-state index contributed by atoms with van der Waals surface area (Å²) in [6, 6.07) is 1.28. The number of aliphatic carboxylic acids is 1. The summed E-state index contributed by atoms with van der Waals surface area (Å²) in [5.41, 5.74) is 0. The lowest BCUT2D eigenvalue weighted by atomic mass is 10.1. The first-order valence-corrected chi connectivity index (χ1v) is 10.8. The molecule has 3 atom stereocenters. The first-order chi connectivity index (χ1) is 13.8. The van der Waals surface area contributed by atoms with E-state index in [1.54, 1.807) is 19.9 Å². The molecular formula is C20H28N2O6S. The molecule has 1 fully saturated rings. The van der Waals surface area contributed by atoms with Gasteiger partial charge in [-0.1, -0.05) is 6.07 Å². The van der Waals surface area contributed by atoms with E-state index >= 15 is 0 Å². The molecular weight excluding hydrogens is 396 g/mol. The van der Waals surface area contributed by atoms with Crippen molar-refractivity contribution >= 4 is 35.0 Å². The fourth-order valence-corrected chi connectivity index (χ4v) is 4.14. The van der Waals surface area contributed by atoms with Crippen molar-refractivity contribution in [3.8, 4) is 0 Å². The largest absolute Gasteiger partial charge is 0.480 e. The highest BCUT2D eigenvalue weighted by Gasteiger charge is 2.37. The highest BCUT2D eigenvalue weighted by molar-refractivity contribution is 7.12. The molecule has 1 saturated heterocycles. The van der Waals surface area contributed by atoms with E-state index in [9.17, 15) is 24.3 Å². The van der Waals surface area contributed by atoms with Gasteiger partial charge in [0.15, 0.2) is 5.78 Å². The van der Waals surface area contributed by atoms with Crippen molar-refractivity contribution in [2.75, 3.05) is 13.2 Å². The van der Waals surface area contributed by atoms with Gasteiger partial charge in [0.1, 0.15) is 12.1 Å². The third kappa shape index (κ3) is 6.37. The minimum atomic E-state index is -1.02. The minimum Gasteiger partial charge on any atom is -0.480 e. The number of carbonyl (C=O) groups excluding carboxylic acids is 3. The first kappa shape index (κ1) is 23.0. The lowest BCUT2D eigenvalue weighted by Gasteiger charge is -2.27. The molecule has 0 aliphatic carbocycles. The fraction of sp³-hybridized carbons (Fsp3) is 0.600. The molecule has 2 rings (SSSR count).